The van der Waals surface area contributed by atoms with Crippen molar-refractivity contribution in [2.45, 2.75) is 11.8 Å². The van der Waals surface area contributed by atoms with Crippen molar-refractivity contribution in [1.29, 1.82) is 0 Å². The summed E-state index contributed by atoms with van der Waals surface area (Å²) < 4.78 is 33.0. The van der Waals surface area contributed by atoms with Crippen molar-refractivity contribution in [2.75, 3.05) is 11.1 Å². The molecule has 5 N–H and O–H groups in total. The van der Waals surface area contributed by atoms with E-state index < -0.39 is 20.9 Å². The Bertz CT molecular complexity index is 1140. The van der Waals surface area contributed by atoms with E-state index in [0.29, 0.717) is 11.1 Å². The summed E-state index contributed by atoms with van der Waals surface area (Å²) in [6.07, 6.45) is 0. The van der Waals surface area contributed by atoms with Gasteiger partial charge in [-0.2, -0.15) is 8.42 Å². The number of aromatic hydroxyl groups is 1. The number of benzene rings is 3. The number of hydrogen-bond acceptors (Lipinski definition) is 5. The van der Waals surface area contributed by atoms with Crippen LogP contribution < -0.4 is 11.1 Å². The van der Waals surface area contributed by atoms with E-state index in [0.717, 1.165) is 11.6 Å². The van der Waals surface area contributed by atoms with Crippen molar-refractivity contribution in [3.63, 3.8) is 0 Å². The summed E-state index contributed by atoms with van der Waals surface area (Å²) in [6.45, 7) is 1.79. The molecule has 3 aromatic carbocycles. The zero-order valence-electron chi connectivity index (χ0n) is 13.7. The summed E-state index contributed by atoms with van der Waals surface area (Å²) in [5, 5.41) is 13.2. The normalized spacial score (nSPS) is 11.5. The number of phenolic OH excluding ortho intramolecular Hbond substituents is 1. The molecule has 8 heteroatoms. The molecule has 26 heavy (non-hydrogen) atoms. The quantitative estimate of drug-likeness (QED) is 0.318. The molecule has 0 spiro atoms. The summed E-state index contributed by atoms with van der Waals surface area (Å²) in [5.41, 5.74) is 7.14. The van der Waals surface area contributed by atoms with Crippen molar-refractivity contribution >= 4 is 38.2 Å². The Hall–Kier alpha value is -3.10. The molecular weight excluding hydrogens is 356 g/mol. The highest BCUT2D eigenvalue weighted by molar-refractivity contribution is 7.86. The van der Waals surface area contributed by atoms with Crippen molar-refractivity contribution in [3.05, 3.63) is 59.7 Å². The smallest absolute Gasteiger partial charge is 0.296 e. The summed E-state index contributed by atoms with van der Waals surface area (Å²) in [5.74, 6) is -0.928. The molecule has 1 amide bonds. The molecule has 0 aliphatic rings. The highest BCUT2D eigenvalue weighted by Gasteiger charge is 2.22. The molecule has 0 atom stereocenters. The number of nitrogen functional groups attached to an aromatic ring is 1. The third-order valence-corrected chi connectivity index (χ3v) is 4.92. The number of nitrogens with one attached hydrogen (secondary N) is 1. The SMILES string of the molecule is Cc1ccc(C(=O)Nc2c(S(=O)(=O)O)cc(O)c3ccccc23)cc1N. The lowest BCUT2D eigenvalue weighted by Gasteiger charge is -2.14. The number of carbonyl (C=O) groups excluding carboxylic acids is 1. The van der Waals surface area contributed by atoms with Gasteiger partial charge >= 0.3 is 0 Å². The predicted molar refractivity (Wildman–Crippen MR) is 99.0 cm³/mol. The Morgan fingerprint density at radius 3 is 2.35 bits per heavy atom. The van der Waals surface area contributed by atoms with Crippen LogP contribution in [0.2, 0.25) is 0 Å². The van der Waals surface area contributed by atoms with Crippen LogP contribution in [-0.4, -0.2) is 24.0 Å². The zero-order chi connectivity index (χ0) is 19.1. The summed E-state index contributed by atoms with van der Waals surface area (Å²) in [4.78, 5) is 12.0. The van der Waals surface area contributed by atoms with E-state index in [2.05, 4.69) is 5.32 Å². The molecule has 0 aliphatic heterocycles. The number of aryl methyl sites for hydroxylation is 1. The van der Waals surface area contributed by atoms with Gasteiger partial charge < -0.3 is 16.2 Å². The molecule has 0 saturated heterocycles. The van der Waals surface area contributed by atoms with Crippen LogP contribution in [0, 0.1) is 6.92 Å². The van der Waals surface area contributed by atoms with Crippen LogP contribution in [0.1, 0.15) is 15.9 Å². The maximum absolute atomic E-state index is 12.6. The first-order valence-electron chi connectivity index (χ1n) is 7.58. The number of nitrogens with two attached hydrogens (primary N) is 1. The molecule has 0 heterocycles. The number of amides is 1. The second kappa shape index (κ2) is 6.32. The van der Waals surface area contributed by atoms with E-state index in [1.165, 1.54) is 12.1 Å². The van der Waals surface area contributed by atoms with Gasteiger partial charge in [0, 0.05) is 28.1 Å². The van der Waals surface area contributed by atoms with Gasteiger partial charge in [0.15, 0.2) is 0 Å². The molecule has 0 aromatic heterocycles. The van der Waals surface area contributed by atoms with E-state index in [1.807, 2.05) is 0 Å². The number of anilines is 2. The minimum atomic E-state index is -4.69. The molecule has 0 unspecified atom stereocenters. The van der Waals surface area contributed by atoms with Gasteiger partial charge in [-0.3, -0.25) is 9.35 Å². The predicted octanol–water partition coefficient (Wildman–Crippen LogP) is 2.94. The fraction of sp³-hybridized carbons (Fsp3) is 0.0556. The van der Waals surface area contributed by atoms with Crippen LogP contribution in [0.3, 0.4) is 0 Å². The summed E-state index contributed by atoms with van der Waals surface area (Å²) >= 11 is 0. The Morgan fingerprint density at radius 1 is 1.08 bits per heavy atom. The Balaban J connectivity index is 2.18. The van der Waals surface area contributed by atoms with Gasteiger partial charge in [0.25, 0.3) is 16.0 Å². The molecule has 0 fully saturated rings. The fourth-order valence-corrected chi connectivity index (χ4v) is 3.31. The molecule has 7 nitrogen and oxygen atoms in total. The van der Waals surface area contributed by atoms with Crippen LogP contribution in [0.25, 0.3) is 10.8 Å². The number of phenols is 1. The fourth-order valence-electron chi connectivity index (χ4n) is 2.63. The lowest BCUT2D eigenvalue weighted by molar-refractivity contribution is 0.102. The number of carbonyl (C=O) groups is 1. The van der Waals surface area contributed by atoms with E-state index in [1.54, 1.807) is 37.3 Å². The van der Waals surface area contributed by atoms with Gasteiger partial charge in [-0.1, -0.05) is 30.3 Å². The van der Waals surface area contributed by atoms with Crippen molar-refractivity contribution in [3.8, 4) is 5.75 Å². The lowest BCUT2D eigenvalue weighted by Crippen LogP contribution is -2.15. The second-order valence-electron chi connectivity index (χ2n) is 5.81. The van der Waals surface area contributed by atoms with E-state index in [4.69, 9.17) is 5.73 Å². The molecule has 0 saturated carbocycles. The minimum absolute atomic E-state index is 0.120. The van der Waals surface area contributed by atoms with Gasteiger partial charge in [0.05, 0.1) is 5.69 Å². The van der Waals surface area contributed by atoms with Crippen LogP contribution in [0.15, 0.2) is 53.4 Å². The molecule has 3 rings (SSSR count). The van der Waals surface area contributed by atoms with Crippen LogP contribution in [-0.2, 0) is 10.1 Å². The molecular formula is C18H16N2O5S. The second-order valence-corrected chi connectivity index (χ2v) is 7.20. The molecule has 3 aromatic rings. The van der Waals surface area contributed by atoms with Crippen molar-refractivity contribution in [2.24, 2.45) is 0 Å². The molecule has 0 radical (unpaired) electrons. The highest BCUT2D eigenvalue weighted by Crippen LogP contribution is 2.37. The first-order valence-corrected chi connectivity index (χ1v) is 9.02. The molecule has 0 aliphatic carbocycles. The van der Waals surface area contributed by atoms with Crippen LogP contribution >= 0.6 is 0 Å². The standard InChI is InChI=1S/C18H16N2O5S/c1-10-6-7-11(8-14(10)19)18(22)20-17-13-5-3-2-4-12(13)15(21)9-16(17)26(23,24)25/h2-9,21H,19H2,1H3,(H,20,22)(H,23,24,25). The van der Waals surface area contributed by atoms with Crippen LogP contribution in [0.5, 0.6) is 5.75 Å². The first-order chi connectivity index (χ1) is 12.2. The van der Waals surface area contributed by atoms with E-state index in [9.17, 15) is 22.9 Å². The summed E-state index contributed by atoms with van der Waals surface area (Å²) in [7, 11) is -4.69. The van der Waals surface area contributed by atoms with Gasteiger partial charge in [0.2, 0.25) is 0 Å². The number of hydrogen-bond donors (Lipinski definition) is 4. The van der Waals surface area contributed by atoms with Gasteiger partial charge in [-0.05, 0) is 24.6 Å². The maximum atomic E-state index is 12.6. The Labute approximate surface area is 149 Å². The third-order valence-electron chi connectivity index (χ3n) is 4.04. The average molecular weight is 372 g/mol. The average Bonchev–Trinajstić information content (AvgIpc) is 2.58. The maximum Gasteiger partial charge on any atom is 0.296 e. The highest BCUT2D eigenvalue weighted by atomic mass is 32.2. The Morgan fingerprint density at radius 2 is 1.73 bits per heavy atom. The molecule has 0 bridgehead atoms. The monoisotopic (exact) mass is 372 g/mol. The van der Waals surface area contributed by atoms with Crippen molar-refractivity contribution < 1.29 is 22.9 Å². The topological polar surface area (TPSA) is 130 Å². The summed E-state index contributed by atoms with van der Waals surface area (Å²) in [6, 6.07) is 12.0. The van der Waals surface area contributed by atoms with Gasteiger partial charge in [-0.15, -0.1) is 0 Å². The van der Waals surface area contributed by atoms with E-state index in [-0.39, 0.29) is 22.4 Å². The number of rotatable bonds is 3. The third kappa shape index (κ3) is 3.19. The van der Waals surface area contributed by atoms with Gasteiger partial charge in [0.1, 0.15) is 10.6 Å². The first kappa shape index (κ1) is 17.7. The number of fused-ring (bicyclic) bond motifs is 1. The van der Waals surface area contributed by atoms with Gasteiger partial charge in [-0.25, -0.2) is 0 Å². The van der Waals surface area contributed by atoms with Crippen molar-refractivity contribution in [1.82, 2.24) is 0 Å². The molecule has 134 valence electrons. The minimum Gasteiger partial charge on any atom is -0.507 e. The lowest BCUT2D eigenvalue weighted by atomic mass is 10.1. The van der Waals surface area contributed by atoms with E-state index >= 15 is 0 Å². The van der Waals surface area contributed by atoms with Crippen LogP contribution in [0.4, 0.5) is 11.4 Å². The zero-order valence-corrected chi connectivity index (χ0v) is 14.5. The largest absolute Gasteiger partial charge is 0.507 e. The Kier molecular flexibility index (Phi) is 4.31.